The zero-order chi connectivity index (χ0) is 23.4. The molecule has 0 bridgehead atoms. The summed E-state index contributed by atoms with van der Waals surface area (Å²) >= 11 is 0. The molecule has 1 aromatic heterocycles. The Balaban J connectivity index is 1.38. The van der Waals surface area contributed by atoms with Crippen molar-refractivity contribution >= 4 is 17.3 Å². The Morgan fingerprint density at radius 3 is 2.47 bits per heavy atom. The molecule has 5 rings (SSSR count). The number of nitrogens with one attached hydrogen (secondary N) is 1. The van der Waals surface area contributed by atoms with E-state index < -0.39 is 0 Å². The van der Waals surface area contributed by atoms with E-state index in [9.17, 15) is 4.79 Å². The second kappa shape index (κ2) is 9.98. The zero-order valence-electron chi connectivity index (χ0n) is 20.0. The molecule has 1 aliphatic carbocycles. The summed E-state index contributed by atoms with van der Waals surface area (Å²) in [4.78, 5) is 22.0. The number of para-hydroxylation sites is 1. The van der Waals surface area contributed by atoms with Gasteiger partial charge < -0.3 is 10.2 Å². The van der Waals surface area contributed by atoms with Crippen LogP contribution in [0.4, 0.5) is 11.4 Å². The number of hydrogen-bond donors (Lipinski definition) is 1. The maximum atomic E-state index is 12.8. The smallest absolute Gasteiger partial charge is 0.255 e. The van der Waals surface area contributed by atoms with Crippen LogP contribution in [0.25, 0.3) is 0 Å². The van der Waals surface area contributed by atoms with Gasteiger partial charge in [-0.1, -0.05) is 50.1 Å². The number of anilines is 2. The molecule has 1 saturated carbocycles. The Labute approximate surface area is 202 Å². The second-order valence-electron chi connectivity index (χ2n) is 9.81. The van der Waals surface area contributed by atoms with Crippen LogP contribution in [0.3, 0.4) is 0 Å². The van der Waals surface area contributed by atoms with Crippen LogP contribution in [0.15, 0.2) is 79.1 Å². The van der Waals surface area contributed by atoms with Crippen LogP contribution in [0, 0.1) is 5.92 Å². The maximum absolute atomic E-state index is 12.8. The predicted molar refractivity (Wildman–Crippen MR) is 138 cm³/mol. The number of amides is 1. The number of aromatic nitrogens is 1. The van der Waals surface area contributed by atoms with Crippen LogP contribution in [-0.4, -0.2) is 42.0 Å². The second-order valence-corrected chi connectivity index (χ2v) is 9.81. The molecule has 1 N–H and O–H groups in total. The molecule has 2 aromatic carbocycles. The summed E-state index contributed by atoms with van der Waals surface area (Å²) < 4.78 is 0. The maximum Gasteiger partial charge on any atom is 0.255 e. The molecule has 0 unspecified atom stereocenters. The van der Waals surface area contributed by atoms with Crippen molar-refractivity contribution in [2.45, 2.75) is 38.1 Å². The van der Waals surface area contributed by atoms with Gasteiger partial charge in [0, 0.05) is 61.0 Å². The monoisotopic (exact) mass is 454 g/mol. The third kappa shape index (κ3) is 4.71. The van der Waals surface area contributed by atoms with Crippen LogP contribution in [-0.2, 0) is 5.54 Å². The molecule has 2 aliphatic rings. The first-order chi connectivity index (χ1) is 16.6. The van der Waals surface area contributed by atoms with E-state index in [4.69, 9.17) is 0 Å². The van der Waals surface area contributed by atoms with E-state index >= 15 is 0 Å². The van der Waals surface area contributed by atoms with Gasteiger partial charge in [0.15, 0.2) is 0 Å². The van der Waals surface area contributed by atoms with Crippen molar-refractivity contribution in [3.63, 3.8) is 0 Å². The van der Waals surface area contributed by atoms with Gasteiger partial charge in [0.05, 0.1) is 0 Å². The fourth-order valence-electron chi connectivity index (χ4n) is 5.88. The number of piperazine rings is 1. The van der Waals surface area contributed by atoms with Gasteiger partial charge in [-0.2, -0.15) is 0 Å². The average molecular weight is 455 g/mol. The molecule has 2 fully saturated rings. The van der Waals surface area contributed by atoms with E-state index in [2.05, 4.69) is 75.6 Å². The normalized spacial score (nSPS) is 23.4. The first-order valence-corrected chi connectivity index (χ1v) is 12.5. The minimum Gasteiger partial charge on any atom is -0.369 e. The van der Waals surface area contributed by atoms with Crippen LogP contribution >= 0.6 is 0 Å². The molecule has 5 heteroatoms. The van der Waals surface area contributed by atoms with Crippen LogP contribution in [0.1, 0.15) is 48.5 Å². The lowest BCUT2D eigenvalue weighted by atomic mass is 9.71. The van der Waals surface area contributed by atoms with E-state index in [1.54, 1.807) is 24.5 Å². The number of benzene rings is 2. The van der Waals surface area contributed by atoms with Gasteiger partial charge >= 0.3 is 0 Å². The molecule has 1 aliphatic heterocycles. The van der Waals surface area contributed by atoms with E-state index in [1.807, 2.05) is 6.07 Å². The lowest BCUT2D eigenvalue weighted by Gasteiger charge is -2.52. The molecule has 3 aromatic rings. The number of pyridine rings is 1. The van der Waals surface area contributed by atoms with Gasteiger partial charge in [-0.05, 0) is 60.7 Å². The number of carbonyl (C=O) groups is 1. The molecule has 2 atom stereocenters. The van der Waals surface area contributed by atoms with E-state index in [0.717, 1.165) is 31.9 Å². The number of hydrogen-bond acceptors (Lipinski definition) is 4. The summed E-state index contributed by atoms with van der Waals surface area (Å²) in [5.41, 5.74) is 4.16. The summed E-state index contributed by atoms with van der Waals surface area (Å²) in [5.74, 6) is 0.595. The number of rotatable bonds is 5. The van der Waals surface area contributed by atoms with Gasteiger partial charge in [0.25, 0.3) is 5.91 Å². The van der Waals surface area contributed by atoms with Crippen molar-refractivity contribution < 1.29 is 4.79 Å². The van der Waals surface area contributed by atoms with E-state index in [-0.39, 0.29) is 11.4 Å². The first kappa shape index (κ1) is 22.6. The van der Waals surface area contributed by atoms with Crippen LogP contribution in [0.2, 0.25) is 0 Å². The Bertz CT molecular complexity index is 1100. The predicted octanol–water partition coefficient (Wildman–Crippen LogP) is 5.56. The topological polar surface area (TPSA) is 48.5 Å². The quantitative estimate of drug-likeness (QED) is 0.548. The molecule has 176 valence electrons. The minimum atomic E-state index is -0.0953. The highest BCUT2D eigenvalue weighted by Gasteiger charge is 2.42. The van der Waals surface area contributed by atoms with Crippen molar-refractivity contribution in [2.24, 2.45) is 5.92 Å². The average Bonchev–Trinajstić information content (AvgIpc) is 2.90. The summed E-state index contributed by atoms with van der Waals surface area (Å²) in [5, 5.41) is 3.10. The SMILES string of the molecule is C[C@H]1CCC[C@](c2cccc(NC(=O)c3ccncc3)c2)(N2CCN(c3ccccc3)CC2)C1. The number of nitrogens with zero attached hydrogens (tertiary/aromatic N) is 3. The van der Waals surface area contributed by atoms with Crippen LogP contribution in [0.5, 0.6) is 0 Å². The van der Waals surface area contributed by atoms with Crippen molar-refractivity contribution in [1.82, 2.24) is 9.88 Å². The molecule has 1 amide bonds. The lowest BCUT2D eigenvalue weighted by Crippen LogP contribution is -2.57. The minimum absolute atomic E-state index is 0.0256. The summed E-state index contributed by atoms with van der Waals surface area (Å²) in [6, 6.07) is 22.8. The van der Waals surface area contributed by atoms with Gasteiger partial charge in [0.1, 0.15) is 0 Å². The number of carbonyl (C=O) groups excluding carboxylic acids is 1. The molecular weight excluding hydrogens is 420 g/mol. The zero-order valence-corrected chi connectivity index (χ0v) is 20.0. The molecule has 0 radical (unpaired) electrons. The molecule has 5 nitrogen and oxygen atoms in total. The van der Waals surface area contributed by atoms with E-state index in [0.29, 0.717) is 11.5 Å². The van der Waals surface area contributed by atoms with E-state index in [1.165, 1.54) is 36.9 Å². The lowest BCUT2D eigenvalue weighted by molar-refractivity contribution is 0.0243. The van der Waals surface area contributed by atoms with Crippen molar-refractivity contribution in [2.75, 3.05) is 36.4 Å². The van der Waals surface area contributed by atoms with Gasteiger partial charge in [-0.25, -0.2) is 0 Å². The highest BCUT2D eigenvalue weighted by molar-refractivity contribution is 6.04. The van der Waals surface area contributed by atoms with Gasteiger partial charge in [0.2, 0.25) is 0 Å². The van der Waals surface area contributed by atoms with Crippen molar-refractivity contribution in [3.05, 3.63) is 90.3 Å². The third-order valence-electron chi connectivity index (χ3n) is 7.58. The Kier molecular flexibility index (Phi) is 6.63. The Morgan fingerprint density at radius 1 is 0.971 bits per heavy atom. The summed E-state index contributed by atoms with van der Waals surface area (Å²) in [6.45, 7) is 6.57. The van der Waals surface area contributed by atoms with Gasteiger partial charge in [-0.3, -0.25) is 14.7 Å². The fourth-order valence-corrected chi connectivity index (χ4v) is 5.88. The van der Waals surface area contributed by atoms with Crippen molar-refractivity contribution in [1.29, 1.82) is 0 Å². The highest BCUT2D eigenvalue weighted by Crippen LogP contribution is 2.45. The van der Waals surface area contributed by atoms with Crippen molar-refractivity contribution in [3.8, 4) is 0 Å². The fraction of sp³-hybridized carbons (Fsp3) is 0.379. The third-order valence-corrected chi connectivity index (χ3v) is 7.58. The summed E-state index contributed by atoms with van der Waals surface area (Å²) in [6.07, 6.45) is 8.18. The molecule has 1 saturated heterocycles. The molecule has 2 heterocycles. The summed E-state index contributed by atoms with van der Waals surface area (Å²) in [7, 11) is 0. The molecule has 34 heavy (non-hydrogen) atoms. The molecule has 0 spiro atoms. The largest absolute Gasteiger partial charge is 0.369 e. The Hall–Kier alpha value is -3.18. The molecular formula is C29H34N4O. The Morgan fingerprint density at radius 2 is 1.74 bits per heavy atom. The standard InChI is InChI=1S/C29H34N4O/c1-23-7-6-14-29(22-23,33-19-17-32(18-20-33)27-10-3-2-4-11-27)25-8-5-9-26(21-25)31-28(34)24-12-15-30-16-13-24/h2-5,8-13,15-16,21,23H,6-7,14,17-20,22H2,1H3,(H,31,34)/t23-,29-/m0/s1. The van der Waals surface area contributed by atoms with Gasteiger partial charge in [-0.15, -0.1) is 0 Å². The first-order valence-electron chi connectivity index (χ1n) is 12.5. The highest BCUT2D eigenvalue weighted by atomic mass is 16.1. The van der Waals surface area contributed by atoms with Crippen LogP contribution < -0.4 is 10.2 Å².